The highest BCUT2D eigenvalue weighted by Gasteiger charge is 2.24. The Morgan fingerprint density at radius 3 is 2.55 bits per heavy atom. The van der Waals surface area contributed by atoms with Crippen LogP contribution in [0.4, 0.5) is 8.78 Å². The smallest absolute Gasteiger partial charge is 0.335 e. The molecule has 0 aliphatic rings. The van der Waals surface area contributed by atoms with Crippen LogP contribution in [0, 0.1) is 11.6 Å². The summed E-state index contributed by atoms with van der Waals surface area (Å²) in [7, 11) is -3.03. The second-order valence-electron chi connectivity index (χ2n) is 3.97. The third kappa shape index (κ3) is 3.71. The fraction of sp³-hybridized carbons (Fsp3) is 0.364. The summed E-state index contributed by atoms with van der Waals surface area (Å²) in [6, 6.07) is 0.967. The molecule has 6 nitrogen and oxygen atoms in total. The summed E-state index contributed by atoms with van der Waals surface area (Å²) in [5, 5.41) is 8.72. The highest BCUT2D eigenvalue weighted by atomic mass is 32.2. The molecule has 20 heavy (non-hydrogen) atoms. The SMILES string of the molecule is COC(C)CNS(=O)(=O)c1cc(C(=O)O)cc(F)c1F. The number of sulfonamides is 1. The van der Waals surface area contributed by atoms with E-state index in [2.05, 4.69) is 0 Å². The molecule has 1 aromatic rings. The van der Waals surface area contributed by atoms with Crippen molar-refractivity contribution in [1.82, 2.24) is 4.72 Å². The van der Waals surface area contributed by atoms with Crippen LogP contribution in [0.3, 0.4) is 0 Å². The molecule has 0 fully saturated rings. The van der Waals surface area contributed by atoms with E-state index >= 15 is 0 Å². The van der Waals surface area contributed by atoms with Crippen molar-refractivity contribution in [3.8, 4) is 0 Å². The molecule has 9 heteroatoms. The number of hydrogen-bond donors (Lipinski definition) is 2. The first-order valence-electron chi connectivity index (χ1n) is 5.44. The molecule has 112 valence electrons. The van der Waals surface area contributed by atoms with Crippen molar-refractivity contribution < 1.29 is 31.8 Å². The van der Waals surface area contributed by atoms with Crippen LogP contribution in [0.5, 0.6) is 0 Å². The van der Waals surface area contributed by atoms with Crippen molar-refractivity contribution >= 4 is 16.0 Å². The minimum atomic E-state index is -4.38. The van der Waals surface area contributed by atoms with Crippen LogP contribution in [0.25, 0.3) is 0 Å². The van der Waals surface area contributed by atoms with Crippen LogP contribution in [-0.4, -0.2) is 39.3 Å². The van der Waals surface area contributed by atoms with E-state index in [0.717, 1.165) is 0 Å². The highest BCUT2D eigenvalue weighted by molar-refractivity contribution is 7.89. The monoisotopic (exact) mass is 309 g/mol. The number of ether oxygens (including phenoxy) is 1. The zero-order valence-corrected chi connectivity index (χ0v) is 11.5. The lowest BCUT2D eigenvalue weighted by Crippen LogP contribution is -2.32. The van der Waals surface area contributed by atoms with Gasteiger partial charge >= 0.3 is 5.97 Å². The summed E-state index contributed by atoms with van der Waals surface area (Å²) in [6.45, 7) is 1.39. The fourth-order valence-electron chi connectivity index (χ4n) is 1.27. The van der Waals surface area contributed by atoms with Gasteiger partial charge in [0.25, 0.3) is 0 Å². The molecule has 1 rings (SSSR count). The lowest BCUT2D eigenvalue weighted by atomic mass is 10.2. The van der Waals surface area contributed by atoms with Gasteiger partial charge < -0.3 is 9.84 Å². The van der Waals surface area contributed by atoms with Crippen LogP contribution in [0.15, 0.2) is 17.0 Å². The molecule has 0 aromatic heterocycles. The summed E-state index contributed by atoms with van der Waals surface area (Å²) in [4.78, 5) is 9.67. The lowest BCUT2D eigenvalue weighted by molar-refractivity contribution is 0.0696. The van der Waals surface area contributed by atoms with Crippen LogP contribution in [0.2, 0.25) is 0 Å². The number of benzene rings is 1. The molecular weight excluding hydrogens is 296 g/mol. The van der Waals surface area contributed by atoms with Gasteiger partial charge in [0.1, 0.15) is 4.90 Å². The van der Waals surface area contributed by atoms with E-state index in [0.29, 0.717) is 12.1 Å². The molecule has 0 spiro atoms. The Hall–Kier alpha value is -1.58. The van der Waals surface area contributed by atoms with Crippen LogP contribution < -0.4 is 4.72 Å². The number of aromatic carboxylic acids is 1. The van der Waals surface area contributed by atoms with E-state index in [1.165, 1.54) is 7.11 Å². The molecule has 0 aliphatic heterocycles. The second-order valence-corrected chi connectivity index (χ2v) is 5.71. The molecule has 0 bridgehead atoms. The second kappa shape index (κ2) is 6.25. The first-order chi connectivity index (χ1) is 9.19. The predicted octanol–water partition coefficient (Wildman–Crippen LogP) is 0.976. The summed E-state index contributed by atoms with van der Waals surface area (Å²) in [5.74, 6) is -4.75. The maximum Gasteiger partial charge on any atom is 0.335 e. The van der Waals surface area contributed by atoms with Crippen molar-refractivity contribution in [3.63, 3.8) is 0 Å². The summed E-state index contributed by atoms with van der Waals surface area (Å²) < 4.78 is 57.3. The maximum atomic E-state index is 13.5. The van der Waals surface area contributed by atoms with Gasteiger partial charge in [-0.1, -0.05) is 0 Å². The van der Waals surface area contributed by atoms with Crippen molar-refractivity contribution in [3.05, 3.63) is 29.3 Å². The summed E-state index contributed by atoms with van der Waals surface area (Å²) in [6.07, 6.45) is -0.486. The molecule has 0 heterocycles. The molecule has 0 saturated heterocycles. The number of methoxy groups -OCH3 is 1. The molecule has 1 atom stereocenters. The van der Waals surface area contributed by atoms with E-state index in [1.54, 1.807) is 6.92 Å². The minimum absolute atomic E-state index is 0.169. The van der Waals surface area contributed by atoms with Gasteiger partial charge in [-0.05, 0) is 19.1 Å². The van der Waals surface area contributed by atoms with Gasteiger partial charge in [0.05, 0.1) is 11.7 Å². The third-order valence-corrected chi connectivity index (χ3v) is 3.92. The van der Waals surface area contributed by atoms with Gasteiger partial charge in [-0.3, -0.25) is 0 Å². The van der Waals surface area contributed by atoms with Gasteiger partial charge in [-0.2, -0.15) is 0 Å². The lowest BCUT2D eigenvalue weighted by Gasteiger charge is -2.12. The van der Waals surface area contributed by atoms with Crippen LogP contribution >= 0.6 is 0 Å². The van der Waals surface area contributed by atoms with Crippen molar-refractivity contribution in [1.29, 1.82) is 0 Å². The third-order valence-electron chi connectivity index (χ3n) is 2.49. The molecule has 2 N–H and O–H groups in total. The number of halogens is 2. The Bertz CT molecular complexity index is 617. The first kappa shape index (κ1) is 16.5. The Morgan fingerprint density at radius 2 is 2.05 bits per heavy atom. The molecule has 0 saturated carbocycles. The van der Waals surface area contributed by atoms with Crippen LogP contribution in [-0.2, 0) is 14.8 Å². The standard InChI is InChI=1S/C11H13F2NO5S/c1-6(19-2)5-14-20(17,18)9-4-7(11(15)16)3-8(12)10(9)13/h3-4,6,14H,5H2,1-2H3,(H,15,16). The summed E-state index contributed by atoms with van der Waals surface area (Å²) in [5.41, 5.74) is -0.663. The molecule has 0 amide bonds. The topological polar surface area (TPSA) is 92.7 Å². The normalized spacial score (nSPS) is 13.2. The first-order valence-corrected chi connectivity index (χ1v) is 6.92. The zero-order chi connectivity index (χ0) is 15.5. The number of rotatable bonds is 6. The van der Waals surface area contributed by atoms with Crippen LogP contribution in [0.1, 0.15) is 17.3 Å². The van der Waals surface area contributed by atoms with Gasteiger partial charge in [0.2, 0.25) is 10.0 Å². The Balaban J connectivity index is 3.20. The Labute approximate surface area is 114 Å². The summed E-state index contributed by atoms with van der Waals surface area (Å²) >= 11 is 0. The Morgan fingerprint density at radius 1 is 1.45 bits per heavy atom. The largest absolute Gasteiger partial charge is 0.478 e. The fourth-order valence-corrected chi connectivity index (χ4v) is 2.50. The zero-order valence-electron chi connectivity index (χ0n) is 10.7. The van der Waals surface area contributed by atoms with E-state index in [4.69, 9.17) is 9.84 Å². The van der Waals surface area contributed by atoms with Crippen molar-refractivity contribution in [2.75, 3.05) is 13.7 Å². The molecule has 1 unspecified atom stereocenters. The number of carboxylic acids is 1. The van der Waals surface area contributed by atoms with E-state index in [1.807, 2.05) is 4.72 Å². The van der Waals surface area contributed by atoms with Crippen molar-refractivity contribution in [2.24, 2.45) is 0 Å². The minimum Gasteiger partial charge on any atom is -0.478 e. The van der Waals surface area contributed by atoms with Gasteiger partial charge in [0.15, 0.2) is 11.6 Å². The molecular formula is C11H13F2NO5S. The quantitative estimate of drug-likeness (QED) is 0.817. The van der Waals surface area contributed by atoms with Gasteiger partial charge in [0, 0.05) is 13.7 Å². The van der Waals surface area contributed by atoms with Gasteiger partial charge in [-0.15, -0.1) is 0 Å². The maximum absolute atomic E-state index is 13.5. The molecule has 1 aromatic carbocycles. The average Bonchev–Trinajstić information content (AvgIpc) is 2.38. The molecule has 0 aliphatic carbocycles. The number of carboxylic acid groups (broad SMARTS) is 1. The molecule has 0 radical (unpaired) electrons. The van der Waals surface area contributed by atoms with E-state index < -0.39 is 44.2 Å². The predicted molar refractivity (Wildman–Crippen MR) is 65.0 cm³/mol. The number of nitrogens with one attached hydrogen (secondary N) is 1. The average molecular weight is 309 g/mol. The highest BCUT2D eigenvalue weighted by Crippen LogP contribution is 2.20. The van der Waals surface area contributed by atoms with E-state index in [9.17, 15) is 22.0 Å². The van der Waals surface area contributed by atoms with Crippen molar-refractivity contribution in [2.45, 2.75) is 17.9 Å². The Kier molecular flexibility index (Phi) is 5.15. The number of carbonyl (C=O) groups is 1. The number of hydrogen-bond acceptors (Lipinski definition) is 4. The van der Waals surface area contributed by atoms with E-state index in [-0.39, 0.29) is 6.54 Å². The van der Waals surface area contributed by atoms with Gasteiger partial charge in [-0.25, -0.2) is 26.7 Å².